The number of nitrogens with zero attached hydrogens (tertiary/aromatic N) is 1. The van der Waals surface area contributed by atoms with Gasteiger partial charge in [0.25, 0.3) is 0 Å². The lowest BCUT2D eigenvalue weighted by Crippen LogP contribution is -2.56. The minimum absolute atomic E-state index is 0.0315. The van der Waals surface area contributed by atoms with Gasteiger partial charge in [-0.3, -0.25) is 0 Å². The predicted molar refractivity (Wildman–Crippen MR) is 69.4 cm³/mol. The molecule has 102 valence electrons. The average molecular weight is 264 g/mol. The Morgan fingerprint density at radius 1 is 1.53 bits per heavy atom. The first-order valence-electron chi connectivity index (χ1n) is 6.30. The summed E-state index contributed by atoms with van der Waals surface area (Å²) in [5, 5.41) is 11.8. The third-order valence-corrected chi connectivity index (χ3v) is 3.34. The summed E-state index contributed by atoms with van der Waals surface area (Å²) in [7, 11) is 1.62. The van der Waals surface area contributed by atoms with E-state index in [-0.39, 0.29) is 18.2 Å². The molecule has 1 aromatic rings. The molecule has 3 atom stereocenters. The summed E-state index contributed by atoms with van der Waals surface area (Å²) in [6.07, 6.45) is 0.773. The summed E-state index contributed by atoms with van der Waals surface area (Å²) in [6.45, 7) is 2.58. The van der Waals surface area contributed by atoms with Crippen LogP contribution in [-0.2, 0) is 9.47 Å². The largest absolute Gasteiger partial charge is 0.377 e. The van der Waals surface area contributed by atoms with E-state index in [1.165, 1.54) is 6.07 Å². The van der Waals surface area contributed by atoms with Gasteiger partial charge in [0.2, 0.25) is 0 Å². The third kappa shape index (κ3) is 2.86. The maximum absolute atomic E-state index is 13.7. The Hall–Kier alpha value is -1.64. The van der Waals surface area contributed by atoms with Crippen LogP contribution in [0.5, 0.6) is 0 Å². The minimum atomic E-state index is -0.422. The SMILES string of the molecule is CCOC1CC(Nc2ccc(C#N)cc2F)C1OC. The Balaban J connectivity index is 2.01. The highest BCUT2D eigenvalue weighted by molar-refractivity contribution is 5.50. The van der Waals surface area contributed by atoms with Gasteiger partial charge in [0.1, 0.15) is 11.9 Å². The highest BCUT2D eigenvalue weighted by Gasteiger charge is 2.42. The molecule has 0 radical (unpaired) electrons. The molecular weight excluding hydrogens is 247 g/mol. The van der Waals surface area contributed by atoms with E-state index in [0.29, 0.717) is 17.9 Å². The van der Waals surface area contributed by atoms with Crippen molar-refractivity contribution < 1.29 is 13.9 Å². The molecule has 1 aliphatic rings. The first-order valence-corrected chi connectivity index (χ1v) is 6.30. The molecule has 3 unspecified atom stereocenters. The molecular formula is C14H17FN2O2. The average Bonchev–Trinajstić information content (AvgIpc) is 2.39. The zero-order valence-electron chi connectivity index (χ0n) is 11.0. The second-order valence-electron chi connectivity index (χ2n) is 4.49. The van der Waals surface area contributed by atoms with Crippen molar-refractivity contribution in [2.24, 2.45) is 0 Å². The van der Waals surface area contributed by atoms with Crippen molar-refractivity contribution in [3.05, 3.63) is 29.6 Å². The third-order valence-electron chi connectivity index (χ3n) is 3.34. The van der Waals surface area contributed by atoms with Crippen LogP contribution in [0.2, 0.25) is 0 Å². The zero-order chi connectivity index (χ0) is 13.8. The van der Waals surface area contributed by atoms with E-state index in [0.717, 1.165) is 6.42 Å². The molecule has 1 fully saturated rings. The van der Waals surface area contributed by atoms with Crippen molar-refractivity contribution in [1.82, 2.24) is 0 Å². The molecule has 0 heterocycles. The van der Waals surface area contributed by atoms with E-state index in [4.69, 9.17) is 14.7 Å². The van der Waals surface area contributed by atoms with Gasteiger partial charge < -0.3 is 14.8 Å². The highest BCUT2D eigenvalue weighted by Crippen LogP contribution is 2.30. The number of ether oxygens (including phenoxy) is 2. The van der Waals surface area contributed by atoms with Gasteiger partial charge >= 0.3 is 0 Å². The normalized spacial score (nSPS) is 25.5. The molecule has 19 heavy (non-hydrogen) atoms. The molecule has 5 heteroatoms. The van der Waals surface area contributed by atoms with Gasteiger partial charge in [-0.15, -0.1) is 0 Å². The molecule has 1 aliphatic carbocycles. The number of nitriles is 1. The van der Waals surface area contributed by atoms with E-state index in [1.807, 2.05) is 13.0 Å². The van der Waals surface area contributed by atoms with Crippen molar-refractivity contribution >= 4 is 5.69 Å². The van der Waals surface area contributed by atoms with Crippen molar-refractivity contribution in [3.8, 4) is 6.07 Å². The van der Waals surface area contributed by atoms with Crippen molar-refractivity contribution in [1.29, 1.82) is 5.26 Å². The van der Waals surface area contributed by atoms with Gasteiger partial charge in [-0.2, -0.15) is 5.26 Å². The molecule has 1 saturated carbocycles. The maximum Gasteiger partial charge on any atom is 0.147 e. The molecule has 0 spiro atoms. The van der Waals surface area contributed by atoms with E-state index < -0.39 is 5.82 Å². The van der Waals surface area contributed by atoms with Gasteiger partial charge in [-0.05, 0) is 31.5 Å². The van der Waals surface area contributed by atoms with Gasteiger partial charge in [0, 0.05) is 13.7 Å². The number of nitrogens with one attached hydrogen (secondary N) is 1. The molecule has 0 amide bonds. The standard InChI is InChI=1S/C14H17FN2O2/c1-3-19-13-7-12(14(13)18-2)17-11-5-4-9(8-16)6-10(11)15/h4-6,12-14,17H,3,7H2,1-2H3. The van der Waals surface area contributed by atoms with Gasteiger partial charge in [0.05, 0.1) is 29.5 Å². The maximum atomic E-state index is 13.7. The van der Waals surface area contributed by atoms with Crippen LogP contribution in [0.1, 0.15) is 18.9 Å². The fourth-order valence-corrected chi connectivity index (χ4v) is 2.32. The number of anilines is 1. The Bertz CT molecular complexity index is 487. The highest BCUT2D eigenvalue weighted by atomic mass is 19.1. The number of benzene rings is 1. The van der Waals surface area contributed by atoms with Crippen LogP contribution < -0.4 is 5.32 Å². The fraction of sp³-hybridized carbons (Fsp3) is 0.500. The number of methoxy groups -OCH3 is 1. The molecule has 2 rings (SSSR count). The van der Waals surface area contributed by atoms with Gasteiger partial charge in [0.15, 0.2) is 0 Å². The van der Waals surface area contributed by atoms with E-state index in [9.17, 15) is 4.39 Å². The molecule has 1 aromatic carbocycles. The van der Waals surface area contributed by atoms with E-state index >= 15 is 0 Å². The number of rotatable bonds is 5. The van der Waals surface area contributed by atoms with E-state index in [1.54, 1.807) is 19.2 Å². The molecule has 0 bridgehead atoms. The monoisotopic (exact) mass is 264 g/mol. The zero-order valence-corrected chi connectivity index (χ0v) is 11.0. The smallest absolute Gasteiger partial charge is 0.147 e. The first-order chi connectivity index (χ1) is 9.19. The number of hydrogen-bond acceptors (Lipinski definition) is 4. The van der Waals surface area contributed by atoms with Gasteiger partial charge in [-0.1, -0.05) is 0 Å². The van der Waals surface area contributed by atoms with Crippen molar-refractivity contribution in [2.45, 2.75) is 31.6 Å². The summed E-state index contributed by atoms with van der Waals surface area (Å²) in [5.41, 5.74) is 0.702. The molecule has 4 nitrogen and oxygen atoms in total. The Labute approximate surface area is 112 Å². The van der Waals surface area contributed by atoms with Gasteiger partial charge in [-0.25, -0.2) is 4.39 Å². The minimum Gasteiger partial charge on any atom is -0.377 e. The fourth-order valence-electron chi connectivity index (χ4n) is 2.32. The van der Waals surface area contributed by atoms with Crippen LogP contribution in [0.3, 0.4) is 0 Å². The topological polar surface area (TPSA) is 54.3 Å². The second-order valence-corrected chi connectivity index (χ2v) is 4.49. The van der Waals surface area contributed by atoms with Crippen LogP contribution in [0, 0.1) is 17.1 Å². The lowest BCUT2D eigenvalue weighted by atomic mass is 9.85. The number of hydrogen-bond donors (Lipinski definition) is 1. The molecule has 0 saturated heterocycles. The Morgan fingerprint density at radius 3 is 2.89 bits per heavy atom. The lowest BCUT2D eigenvalue weighted by Gasteiger charge is -2.43. The first kappa shape index (κ1) is 13.8. The number of halogens is 1. The summed E-state index contributed by atoms with van der Waals surface area (Å²) in [6, 6.07) is 6.33. The Morgan fingerprint density at radius 2 is 2.32 bits per heavy atom. The molecule has 0 aliphatic heterocycles. The second kappa shape index (κ2) is 6.00. The van der Waals surface area contributed by atoms with Crippen LogP contribution in [0.4, 0.5) is 10.1 Å². The predicted octanol–water partition coefficient (Wildman–Crippen LogP) is 2.30. The van der Waals surface area contributed by atoms with E-state index in [2.05, 4.69) is 5.32 Å². The molecule has 1 N–H and O–H groups in total. The van der Waals surface area contributed by atoms with Crippen molar-refractivity contribution in [3.63, 3.8) is 0 Å². The van der Waals surface area contributed by atoms with Crippen molar-refractivity contribution in [2.75, 3.05) is 19.0 Å². The summed E-state index contributed by atoms with van der Waals surface area (Å²) in [4.78, 5) is 0. The quantitative estimate of drug-likeness (QED) is 0.886. The Kier molecular flexibility index (Phi) is 4.35. The molecule has 0 aromatic heterocycles. The van der Waals surface area contributed by atoms with Crippen LogP contribution >= 0.6 is 0 Å². The summed E-state index contributed by atoms with van der Waals surface area (Å²) in [5.74, 6) is -0.422. The lowest BCUT2D eigenvalue weighted by molar-refractivity contribution is -0.118. The summed E-state index contributed by atoms with van der Waals surface area (Å²) < 4.78 is 24.6. The van der Waals surface area contributed by atoms with Crippen LogP contribution in [0.15, 0.2) is 18.2 Å². The van der Waals surface area contributed by atoms with Crippen LogP contribution in [0.25, 0.3) is 0 Å². The summed E-state index contributed by atoms with van der Waals surface area (Å²) >= 11 is 0. The van der Waals surface area contributed by atoms with Crippen LogP contribution in [-0.4, -0.2) is 32.0 Å².